The standard InChI is InChI=1S/C14H24N4O2S/c1-4-6-18(3)14-17-12(15)11(21-14)13(19)16-9-7-10(8-9)20-5-2/h9-10H,4-8,15H2,1-3H3,(H,16,19). The first-order valence-corrected chi connectivity index (χ1v) is 8.26. The van der Waals surface area contributed by atoms with Gasteiger partial charge in [-0.1, -0.05) is 18.3 Å². The summed E-state index contributed by atoms with van der Waals surface area (Å²) in [5, 5.41) is 3.79. The summed E-state index contributed by atoms with van der Waals surface area (Å²) in [6, 6.07) is 0.187. The van der Waals surface area contributed by atoms with Crippen molar-refractivity contribution in [3.63, 3.8) is 0 Å². The largest absolute Gasteiger partial charge is 0.382 e. The summed E-state index contributed by atoms with van der Waals surface area (Å²) in [6.45, 7) is 5.71. The second-order valence-corrected chi connectivity index (χ2v) is 6.33. The van der Waals surface area contributed by atoms with Crippen molar-refractivity contribution in [3.05, 3.63) is 4.88 Å². The Morgan fingerprint density at radius 2 is 2.24 bits per heavy atom. The van der Waals surface area contributed by atoms with Crippen LogP contribution in [0.2, 0.25) is 0 Å². The van der Waals surface area contributed by atoms with E-state index in [0.717, 1.165) is 37.5 Å². The smallest absolute Gasteiger partial charge is 0.265 e. The summed E-state index contributed by atoms with van der Waals surface area (Å²) in [4.78, 5) is 19.1. The van der Waals surface area contributed by atoms with Gasteiger partial charge < -0.3 is 20.7 Å². The lowest BCUT2D eigenvalue weighted by Crippen LogP contribution is -2.47. The summed E-state index contributed by atoms with van der Waals surface area (Å²) in [7, 11) is 1.96. The van der Waals surface area contributed by atoms with Crippen LogP contribution in [0.3, 0.4) is 0 Å². The molecule has 118 valence electrons. The summed E-state index contributed by atoms with van der Waals surface area (Å²) >= 11 is 1.35. The van der Waals surface area contributed by atoms with Crippen molar-refractivity contribution in [1.82, 2.24) is 10.3 Å². The summed E-state index contributed by atoms with van der Waals surface area (Å²) in [6.07, 6.45) is 3.06. The molecule has 1 heterocycles. The van der Waals surface area contributed by atoms with Gasteiger partial charge in [0, 0.05) is 26.2 Å². The fourth-order valence-corrected chi connectivity index (χ4v) is 3.26. The van der Waals surface area contributed by atoms with Crippen molar-refractivity contribution in [3.8, 4) is 0 Å². The van der Waals surface area contributed by atoms with Gasteiger partial charge in [-0.2, -0.15) is 0 Å². The van der Waals surface area contributed by atoms with Crippen LogP contribution in [0.1, 0.15) is 42.8 Å². The number of hydrogen-bond donors (Lipinski definition) is 2. The molecule has 1 aromatic rings. The zero-order chi connectivity index (χ0) is 15.4. The number of hydrogen-bond acceptors (Lipinski definition) is 6. The van der Waals surface area contributed by atoms with Crippen LogP contribution in [0.4, 0.5) is 10.9 Å². The number of nitrogen functional groups attached to an aromatic ring is 1. The molecular weight excluding hydrogens is 288 g/mol. The molecule has 1 aliphatic carbocycles. The van der Waals surface area contributed by atoms with Crippen LogP contribution in [0.15, 0.2) is 0 Å². The van der Waals surface area contributed by atoms with Gasteiger partial charge in [-0.3, -0.25) is 4.79 Å². The van der Waals surface area contributed by atoms with Crippen LogP contribution >= 0.6 is 11.3 Å². The number of nitrogens with two attached hydrogens (primary N) is 1. The highest BCUT2D eigenvalue weighted by molar-refractivity contribution is 7.18. The molecule has 0 radical (unpaired) electrons. The fourth-order valence-electron chi connectivity index (χ4n) is 2.38. The highest BCUT2D eigenvalue weighted by atomic mass is 32.1. The summed E-state index contributed by atoms with van der Waals surface area (Å²) in [5.74, 6) is 0.192. The van der Waals surface area contributed by atoms with Gasteiger partial charge in [0.15, 0.2) is 5.13 Å². The number of thiazole rings is 1. The number of nitrogens with zero attached hydrogens (tertiary/aromatic N) is 2. The van der Waals surface area contributed by atoms with Crippen LogP contribution in [-0.4, -0.2) is 43.2 Å². The third-order valence-corrected chi connectivity index (χ3v) is 4.75. The van der Waals surface area contributed by atoms with E-state index in [0.29, 0.717) is 10.7 Å². The molecule has 1 aromatic heterocycles. The normalized spacial score (nSPS) is 20.9. The van der Waals surface area contributed by atoms with Crippen LogP contribution < -0.4 is 16.0 Å². The van der Waals surface area contributed by atoms with Crippen molar-refractivity contribution in [1.29, 1.82) is 0 Å². The second kappa shape index (κ2) is 7.09. The maximum Gasteiger partial charge on any atom is 0.265 e. The van der Waals surface area contributed by atoms with E-state index in [9.17, 15) is 4.79 Å². The Bertz CT molecular complexity index is 485. The summed E-state index contributed by atoms with van der Waals surface area (Å²) in [5.41, 5.74) is 5.87. The minimum Gasteiger partial charge on any atom is -0.382 e. The third kappa shape index (κ3) is 3.85. The molecule has 6 nitrogen and oxygen atoms in total. The molecule has 1 amide bonds. The maximum absolute atomic E-state index is 12.2. The van der Waals surface area contributed by atoms with Gasteiger partial charge in [-0.05, 0) is 26.2 Å². The Kier molecular flexibility index (Phi) is 5.41. The zero-order valence-electron chi connectivity index (χ0n) is 12.9. The van der Waals surface area contributed by atoms with Crippen molar-refractivity contribution in [2.45, 2.75) is 45.3 Å². The van der Waals surface area contributed by atoms with Crippen molar-refractivity contribution in [2.24, 2.45) is 0 Å². The van der Waals surface area contributed by atoms with Crippen LogP contribution in [0, 0.1) is 0 Å². The van der Waals surface area contributed by atoms with Crippen LogP contribution in [0.25, 0.3) is 0 Å². The van der Waals surface area contributed by atoms with E-state index in [1.807, 2.05) is 18.9 Å². The number of ether oxygens (including phenoxy) is 1. The average Bonchev–Trinajstić information content (AvgIpc) is 2.79. The monoisotopic (exact) mass is 312 g/mol. The van der Waals surface area contributed by atoms with E-state index >= 15 is 0 Å². The van der Waals surface area contributed by atoms with Gasteiger partial charge in [0.1, 0.15) is 10.7 Å². The van der Waals surface area contributed by atoms with E-state index in [2.05, 4.69) is 17.2 Å². The van der Waals surface area contributed by atoms with Crippen LogP contribution in [-0.2, 0) is 4.74 Å². The molecule has 0 bridgehead atoms. The minimum absolute atomic E-state index is 0.124. The molecule has 0 saturated heterocycles. The number of rotatable bonds is 7. The number of anilines is 2. The highest BCUT2D eigenvalue weighted by Crippen LogP contribution is 2.29. The first-order chi connectivity index (χ1) is 10.0. The lowest BCUT2D eigenvalue weighted by Gasteiger charge is -2.35. The lowest BCUT2D eigenvalue weighted by atomic mass is 9.89. The SMILES string of the molecule is CCCN(C)c1nc(N)c(C(=O)NC2CC(OCC)C2)s1. The molecule has 1 fully saturated rings. The molecule has 0 aliphatic heterocycles. The molecule has 0 spiro atoms. The van der Waals surface area contributed by atoms with E-state index in [-0.39, 0.29) is 18.1 Å². The molecular formula is C14H24N4O2S. The zero-order valence-corrected chi connectivity index (χ0v) is 13.7. The molecule has 1 aliphatic rings. The van der Waals surface area contributed by atoms with Gasteiger partial charge in [0.25, 0.3) is 5.91 Å². The average molecular weight is 312 g/mol. The predicted octanol–water partition coefficient (Wildman–Crippen LogP) is 1.87. The highest BCUT2D eigenvalue weighted by Gasteiger charge is 2.31. The molecule has 0 unspecified atom stereocenters. The molecule has 1 saturated carbocycles. The van der Waals surface area contributed by atoms with Gasteiger partial charge in [0.2, 0.25) is 0 Å². The molecule has 7 heteroatoms. The molecule has 2 rings (SSSR count). The second-order valence-electron chi connectivity index (χ2n) is 5.35. The maximum atomic E-state index is 12.2. The van der Waals surface area contributed by atoms with Gasteiger partial charge in [-0.15, -0.1) is 0 Å². The van der Waals surface area contributed by atoms with Gasteiger partial charge >= 0.3 is 0 Å². The van der Waals surface area contributed by atoms with E-state index < -0.39 is 0 Å². The molecule has 21 heavy (non-hydrogen) atoms. The quantitative estimate of drug-likeness (QED) is 0.803. The predicted molar refractivity (Wildman–Crippen MR) is 86.0 cm³/mol. The Balaban J connectivity index is 1.91. The summed E-state index contributed by atoms with van der Waals surface area (Å²) < 4.78 is 5.49. The Morgan fingerprint density at radius 3 is 2.86 bits per heavy atom. The lowest BCUT2D eigenvalue weighted by molar-refractivity contribution is -0.00858. The van der Waals surface area contributed by atoms with Crippen molar-refractivity contribution < 1.29 is 9.53 Å². The van der Waals surface area contributed by atoms with Crippen molar-refractivity contribution >= 4 is 28.2 Å². The van der Waals surface area contributed by atoms with E-state index in [4.69, 9.17) is 10.5 Å². The number of nitrogens with one attached hydrogen (secondary N) is 1. The Hall–Kier alpha value is -1.34. The molecule has 0 atom stereocenters. The fraction of sp³-hybridized carbons (Fsp3) is 0.714. The Labute approximate surface area is 129 Å². The molecule has 0 aromatic carbocycles. The first-order valence-electron chi connectivity index (χ1n) is 7.45. The first kappa shape index (κ1) is 16.0. The van der Waals surface area contributed by atoms with Gasteiger partial charge in [-0.25, -0.2) is 4.98 Å². The topological polar surface area (TPSA) is 80.5 Å². The third-order valence-electron chi connectivity index (χ3n) is 3.57. The van der Waals surface area contributed by atoms with E-state index in [1.165, 1.54) is 11.3 Å². The van der Waals surface area contributed by atoms with Crippen molar-refractivity contribution in [2.75, 3.05) is 30.8 Å². The number of aromatic nitrogens is 1. The Morgan fingerprint density at radius 1 is 1.52 bits per heavy atom. The minimum atomic E-state index is -0.124. The number of carbonyl (C=O) groups is 1. The molecule has 3 N–H and O–H groups in total. The van der Waals surface area contributed by atoms with Crippen LogP contribution in [0.5, 0.6) is 0 Å². The van der Waals surface area contributed by atoms with Gasteiger partial charge in [0.05, 0.1) is 6.10 Å². The number of carbonyl (C=O) groups excluding carboxylic acids is 1. The number of amides is 1. The van der Waals surface area contributed by atoms with E-state index in [1.54, 1.807) is 0 Å².